The Morgan fingerprint density at radius 1 is 1.38 bits per heavy atom. The predicted molar refractivity (Wildman–Crippen MR) is 76.2 cm³/mol. The van der Waals surface area contributed by atoms with Gasteiger partial charge < -0.3 is 19.7 Å². The van der Waals surface area contributed by atoms with Crippen molar-refractivity contribution in [2.45, 2.75) is 18.8 Å². The van der Waals surface area contributed by atoms with Gasteiger partial charge in [-0.2, -0.15) is 0 Å². The number of nitrogens with one attached hydrogen (secondary N) is 1. The Labute approximate surface area is 123 Å². The zero-order valence-electron chi connectivity index (χ0n) is 12.0. The second kappa shape index (κ2) is 6.71. The molecule has 0 radical (unpaired) electrons. The van der Waals surface area contributed by atoms with Crippen LogP contribution in [0.1, 0.15) is 24.5 Å². The van der Waals surface area contributed by atoms with Gasteiger partial charge in [0.15, 0.2) is 0 Å². The fourth-order valence-electron chi connectivity index (χ4n) is 2.58. The van der Waals surface area contributed by atoms with E-state index in [1.807, 2.05) is 6.07 Å². The predicted octanol–water partition coefficient (Wildman–Crippen LogP) is 1.23. The van der Waals surface area contributed by atoms with Crippen molar-refractivity contribution in [3.8, 4) is 0 Å². The number of cyclic esters (lactones) is 1. The van der Waals surface area contributed by atoms with Gasteiger partial charge in [0.1, 0.15) is 12.1 Å². The Kier molecular flexibility index (Phi) is 4.49. The van der Waals surface area contributed by atoms with Gasteiger partial charge in [-0.15, -0.1) is 0 Å². The summed E-state index contributed by atoms with van der Waals surface area (Å²) >= 11 is 0. The molecule has 1 aromatic heterocycles. The van der Waals surface area contributed by atoms with E-state index in [1.54, 1.807) is 11.2 Å². The van der Waals surface area contributed by atoms with E-state index < -0.39 is 0 Å². The summed E-state index contributed by atoms with van der Waals surface area (Å²) in [6, 6.07) is 1.97. The Bertz CT molecular complexity index is 491. The zero-order valence-corrected chi connectivity index (χ0v) is 12.0. The minimum Gasteiger partial charge on any atom is -0.449 e. The molecule has 0 unspecified atom stereocenters. The number of amides is 1. The largest absolute Gasteiger partial charge is 0.449 e. The molecule has 2 fully saturated rings. The molecule has 1 atom stereocenters. The Hall–Kier alpha value is -1.89. The number of rotatable bonds is 5. The van der Waals surface area contributed by atoms with Crippen molar-refractivity contribution < 1.29 is 14.3 Å². The van der Waals surface area contributed by atoms with E-state index in [1.165, 1.54) is 0 Å². The van der Waals surface area contributed by atoms with E-state index in [0.717, 1.165) is 44.1 Å². The molecular weight excluding hydrogens is 272 g/mol. The van der Waals surface area contributed by atoms with Gasteiger partial charge in [0.05, 0.1) is 18.9 Å². The van der Waals surface area contributed by atoms with Gasteiger partial charge in [0.2, 0.25) is 0 Å². The first kappa shape index (κ1) is 14.1. The van der Waals surface area contributed by atoms with Crippen LogP contribution >= 0.6 is 0 Å². The van der Waals surface area contributed by atoms with Crippen molar-refractivity contribution in [3.63, 3.8) is 0 Å². The number of nitrogens with zero attached hydrogens (tertiary/aromatic N) is 3. The van der Waals surface area contributed by atoms with Gasteiger partial charge in [0, 0.05) is 38.2 Å². The Balaban J connectivity index is 1.50. The van der Waals surface area contributed by atoms with Gasteiger partial charge in [0.25, 0.3) is 0 Å². The van der Waals surface area contributed by atoms with E-state index in [0.29, 0.717) is 25.6 Å². The smallest absolute Gasteiger partial charge is 0.409 e. The topological polar surface area (TPSA) is 76.6 Å². The second-order valence-corrected chi connectivity index (χ2v) is 5.27. The summed E-state index contributed by atoms with van der Waals surface area (Å²) in [5, 5.41) is 3.23. The third-order valence-electron chi connectivity index (χ3n) is 3.78. The molecule has 0 spiro atoms. The van der Waals surface area contributed by atoms with Crippen LogP contribution in [0.4, 0.5) is 10.6 Å². The van der Waals surface area contributed by atoms with Gasteiger partial charge >= 0.3 is 6.09 Å². The molecule has 3 heterocycles. The summed E-state index contributed by atoms with van der Waals surface area (Å²) in [5.74, 6) is 1.16. The number of anilines is 1. The molecular formula is C14H20N4O3. The lowest BCUT2D eigenvalue weighted by Crippen LogP contribution is -2.40. The second-order valence-electron chi connectivity index (χ2n) is 5.27. The van der Waals surface area contributed by atoms with Crippen LogP contribution in [0, 0.1) is 0 Å². The molecule has 1 aromatic rings. The van der Waals surface area contributed by atoms with Crippen molar-refractivity contribution in [2.75, 3.05) is 44.8 Å². The molecule has 0 aliphatic carbocycles. The first-order valence-corrected chi connectivity index (χ1v) is 7.38. The van der Waals surface area contributed by atoms with Gasteiger partial charge in [-0.3, -0.25) is 0 Å². The number of ether oxygens (including phenoxy) is 2. The highest BCUT2D eigenvalue weighted by atomic mass is 16.6. The third kappa shape index (κ3) is 3.60. The van der Waals surface area contributed by atoms with Crippen LogP contribution in [-0.4, -0.2) is 60.4 Å². The zero-order chi connectivity index (χ0) is 14.5. The number of carbonyl (C=O) groups excluding carboxylic acids is 1. The standard InChI is InChI=1S/C14H20N4O3/c19-14-18(4-1-6-21-14)5-3-15-13-8-12(16-10-17-13)11-2-7-20-9-11/h8,10-11H,1-7,9H2,(H,15,16,17)/t11-/m1/s1. The minimum absolute atomic E-state index is 0.227. The van der Waals surface area contributed by atoms with E-state index in [4.69, 9.17) is 9.47 Å². The molecule has 7 heteroatoms. The average Bonchev–Trinajstić information content (AvgIpc) is 3.04. The van der Waals surface area contributed by atoms with E-state index in [2.05, 4.69) is 15.3 Å². The van der Waals surface area contributed by atoms with E-state index in [-0.39, 0.29) is 6.09 Å². The van der Waals surface area contributed by atoms with Crippen LogP contribution in [0.15, 0.2) is 12.4 Å². The summed E-state index contributed by atoms with van der Waals surface area (Å²) < 4.78 is 10.4. The normalized spacial score (nSPS) is 22.2. The van der Waals surface area contributed by atoms with Gasteiger partial charge in [-0.05, 0) is 12.8 Å². The first-order chi connectivity index (χ1) is 10.3. The molecule has 0 saturated carbocycles. The molecule has 7 nitrogen and oxygen atoms in total. The SMILES string of the molecule is O=C1OCCCN1CCNc1cc([C@@H]2CCOC2)ncn1. The lowest BCUT2D eigenvalue weighted by Gasteiger charge is -2.26. The summed E-state index contributed by atoms with van der Waals surface area (Å²) in [6.45, 7) is 4.08. The van der Waals surface area contributed by atoms with Crippen LogP contribution in [-0.2, 0) is 9.47 Å². The van der Waals surface area contributed by atoms with E-state index in [9.17, 15) is 4.79 Å². The van der Waals surface area contributed by atoms with Crippen LogP contribution in [0.2, 0.25) is 0 Å². The number of aromatic nitrogens is 2. The summed E-state index contributed by atoms with van der Waals surface area (Å²) in [4.78, 5) is 21.7. The lowest BCUT2D eigenvalue weighted by atomic mass is 10.1. The van der Waals surface area contributed by atoms with E-state index >= 15 is 0 Å². The van der Waals surface area contributed by atoms with Crippen LogP contribution < -0.4 is 5.32 Å². The maximum atomic E-state index is 11.5. The first-order valence-electron chi connectivity index (χ1n) is 7.38. The molecule has 1 amide bonds. The third-order valence-corrected chi connectivity index (χ3v) is 3.78. The van der Waals surface area contributed by atoms with Crippen molar-refractivity contribution in [3.05, 3.63) is 18.1 Å². The molecule has 1 N–H and O–H groups in total. The fraction of sp³-hybridized carbons (Fsp3) is 0.643. The molecule has 2 saturated heterocycles. The molecule has 2 aliphatic rings. The summed E-state index contributed by atoms with van der Waals surface area (Å²) in [6.07, 6.45) is 3.25. The molecule has 21 heavy (non-hydrogen) atoms. The molecule has 114 valence electrons. The van der Waals surface area contributed by atoms with Crippen molar-refractivity contribution in [1.29, 1.82) is 0 Å². The molecule has 0 bridgehead atoms. The molecule has 3 rings (SSSR count). The van der Waals surface area contributed by atoms with Gasteiger partial charge in [-0.1, -0.05) is 0 Å². The van der Waals surface area contributed by atoms with Gasteiger partial charge in [-0.25, -0.2) is 14.8 Å². The maximum Gasteiger partial charge on any atom is 0.409 e. The van der Waals surface area contributed by atoms with Crippen LogP contribution in [0.5, 0.6) is 0 Å². The Morgan fingerprint density at radius 3 is 3.14 bits per heavy atom. The average molecular weight is 292 g/mol. The summed E-state index contributed by atoms with van der Waals surface area (Å²) in [7, 11) is 0. The highest BCUT2D eigenvalue weighted by molar-refractivity contribution is 5.68. The minimum atomic E-state index is -0.227. The fourth-order valence-corrected chi connectivity index (χ4v) is 2.58. The van der Waals surface area contributed by atoms with Crippen molar-refractivity contribution in [2.24, 2.45) is 0 Å². The quantitative estimate of drug-likeness (QED) is 0.879. The molecule has 0 aromatic carbocycles. The highest BCUT2D eigenvalue weighted by Gasteiger charge is 2.20. The highest BCUT2D eigenvalue weighted by Crippen LogP contribution is 2.24. The Morgan fingerprint density at radius 2 is 2.33 bits per heavy atom. The maximum absolute atomic E-state index is 11.5. The van der Waals surface area contributed by atoms with Crippen molar-refractivity contribution in [1.82, 2.24) is 14.9 Å². The van der Waals surface area contributed by atoms with Crippen LogP contribution in [0.25, 0.3) is 0 Å². The summed E-state index contributed by atoms with van der Waals surface area (Å²) in [5.41, 5.74) is 1.02. The van der Waals surface area contributed by atoms with Crippen LogP contribution in [0.3, 0.4) is 0 Å². The van der Waals surface area contributed by atoms with Crippen molar-refractivity contribution >= 4 is 11.9 Å². The molecule has 2 aliphatic heterocycles. The number of hydrogen-bond acceptors (Lipinski definition) is 6. The number of carbonyl (C=O) groups is 1. The monoisotopic (exact) mass is 292 g/mol. The number of hydrogen-bond donors (Lipinski definition) is 1. The lowest BCUT2D eigenvalue weighted by molar-refractivity contribution is 0.0746.